The summed E-state index contributed by atoms with van der Waals surface area (Å²) in [6, 6.07) is 10.5. The van der Waals surface area contributed by atoms with Crippen molar-refractivity contribution in [3.05, 3.63) is 58.8 Å². The number of aromatic nitrogens is 1. The van der Waals surface area contributed by atoms with Crippen molar-refractivity contribution in [3.8, 4) is 0 Å². The van der Waals surface area contributed by atoms with Crippen molar-refractivity contribution in [2.24, 2.45) is 5.92 Å². The fourth-order valence-electron chi connectivity index (χ4n) is 4.67. The van der Waals surface area contributed by atoms with E-state index in [2.05, 4.69) is 27.0 Å². The maximum atomic E-state index is 12.7. The van der Waals surface area contributed by atoms with Crippen LogP contribution in [0.5, 0.6) is 0 Å². The molecule has 0 saturated carbocycles. The van der Waals surface area contributed by atoms with Gasteiger partial charge in [0.2, 0.25) is 11.8 Å². The largest absolute Gasteiger partial charge is 0.384 e. The average Bonchev–Trinajstić information content (AvgIpc) is 3.30. The number of nitrogens with two attached hydrogens (primary N) is 1. The van der Waals surface area contributed by atoms with Crippen molar-refractivity contribution in [1.82, 2.24) is 25.8 Å². The van der Waals surface area contributed by atoms with E-state index >= 15 is 0 Å². The number of nitrogens with one attached hydrogen (secondary N) is 3. The number of likely N-dealkylation sites (tertiary alicyclic amines) is 1. The van der Waals surface area contributed by atoms with Crippen LogP contribution in [-0.4, -0.2) is 59.3 Å². The van der Waals surface area contributed by atoms with Crippen LogP contribution in [0.25, 0.3) is 0 Å². The SMILES string of the molecule is Cc1nc(N)ccc1CNC(=O)[C@H](C)NC(=O)[C@H]1C[C@H](CCc2cccc(C(=O)N3CCC3)c2)CN1. The van der Waals surface area contributed by atoms with Gasteiger partial charge in [-0.1, -0.05) is 18.2 Å². The van der Waals surface area contributed by atoms with E-state index < -0.39 is 6.04 Å². The standard InChI is InChI=1S/C27H36N6O3/c1-17-22(9-10-24(28)31-17)16-30-25(34)18(2)32-26(35)23-14-20(15-29-23)8-7-19-5-3-6-21(13-19)27(36)33-11-4-12-33/h3,5-6,9-10,13,18,20,23,29H,4,7-8,11-12,14-16H2,1-2H3,(H2,28,31)(H,30,34)(H,32,35)/t18-,20-,23+/m0/s1. The van der Waals surface area contributed by atoms with Crippen molar-refractivity contribution in [2.75, 3.05) is 25.4 Å². The highest BCUT2D eigenvalue weighted by molar-refractivity contribution is 5.94. The van der Waals surface area contributed by atoms with Crippen LogP contribution < -0.4 is 21.7 Å². The van der Waals surface area contributed by atoms with Crippen LogP contribution >= 0.6 is 0 Å². The third-order valence-electron chi connectivity index (χ3n) is 7.12. The normalized spacial score (nSPS) is 19.9. The molecule has 9 heteroatoms. The molecule has 2 aliphatic rings. The molecule has 4 rings (SSSR count). The summed E-state index contributed by atoms with van der Waals surface area (Å²) < 4.78 is 0. The molecule has 192 valence electrons. The Balaban J connectivity index is 1.20. The zero-order valence-corrected chi connectivity index (χ0v) is 21.0. The highest BCUT2D eigenvalue weighted by Gasteiger charge is 2.30. The number of carbonyl (C=O) groups is 3. The smallest absolute Gasteiger partial charge is 0.253 e. The van der Waals surface area contributed by atoms with E-state index in [0.29, 0.717) is 18.3 Å². The van der Waals surface area contributed by atoms with Gasteiger partial charge in [0.05, 0.1) is 6.04 Å². The lowest BCUT2D eigenvalue weighted by molar-refractivity contribution is -0.129. The van der Waals surface area contributed by atoms with E-state index in [1.807, 2.05) is 36.1 Å². The molecule has 0 unspecified atom stereocenters. The highest BCUT2D eigenvalue weighted by Crippen LogP contribution is 2.21. The van der Waals surface area contributed by atoms with Gasteiger partial charge in [0.1, 0.15) is 11.9 Å². The first kappa shape index (κ1) is 25.6. The Morgan fingerprint density at radius 1 is 1.22 bits per heavy atom. The summed E-state index contributed by atoms with van der Waals surface area (Å²) in [6.45, 7) is 6.30. The number of carbonyl (C=O) groups excluding carboxylic acids is 3. The Bertz CT molecular complexity index is 1120. The number of anilines is 1. The van der Waals surface area contributed by atoms with Crippen molar-refractivity contribution < 1.29 is 14.4 Å². The molecular formula is C27H36N6O3. The summed E-state index contributed by atoms with van der Waals surface area (Å²) in [7, 11) is 0. The molecule has 3 atom stereocenters. The van der Waals surface area contributed by atoms with E-state index in [1.165, 1.54) is 0 Å². The minimum absolute atomic E-state index is 0.112. The summed E-state index contributed by atoms with van der Waals surface area (Å²) >= 11 is 0. The lowest BCUT2D eigenvalue weighted by Crippen LogP contribution is -2.50. The molecule has 9 nitrogen and oxygen atoms in total. The van der Waals surface area contributed by atoms with E-state index in [0.717, 1.165) is 67.7 Å². The Kier molecular flexibility index (Phi) is 8.20. The van der Waals surface area contributed by atoms with E-state index in [9.17, 15) is 14.4 Å². The molecule has 0 bridgehead atoms. The second-order valence-electron chi connectivity index (χ2n) is 9.88. The monoisotopic (exact) mass is 492 g/mol. The maximum absolute atomic E-state index is 12.7. The van der Waals surface area contributed by atoms with Gasteiger partial charge in [-0.3, -0.25) is 14.4 Å². The van der Waals surface area contributed by atoms with E-state index in [4.69, 9.17) is 5.73 Å². The van der Waals surface area contributed by atoms with Crippen molar-refractivity contribution >= 4 is 23.5 Å². The van der Waals surface area contributed by atoms with Gasteiger partial charge in [-0.25, -0.2) is 4.98 Å². The van der Waals surface area contributed by atoms with Gasteiger partial charge < -0.3 is 26.6 Å². The highest BCUT2D eigenvalue weighted by atomic mass is 16.2. The number of hydrogen-bond donors (Lipinski definition) is 4. The zero-order chi connectivity index (χ0) is 25.7. The Labute approximate surface area is 212 Å². The number of pyridine rings is 1. The van der Waals surface area contributed by atoms with Crippen molar-refractivity contribution in [2.45, 2.75) is 58.2 Å². The molecule has 2 aromatic rings. The average molecular weight is 493 g/mol. The summed E-state index contributed by atoms with van der Waals surface area (Å²) in [5.74, 6) is 0.507. The lowest BCUT2D eigenvalue weighted by Gasteiger charge is -2.31. The molecule has 2 saturated heterocycles. The molecule has 3 heterocycles. The second kappa shape index (κ2) is 11.5. The molecule has 1 aromatic heterocycles. The molecule has 36 heavy (non-hydrogen) atoms. The Morgan fingerprint density at radius 3 is 2.75 bits per heavy atom. The molecule has 2 fully saturated rings. The quantitative estimate of drug-likeness (QED) is 0.420. The first-order valence-corrected chi connectivity index (χ1v) is 12.7. The second-order valence-corrected chi connectivity index (χ2v) is 9.88. The van der Waals surface area contributed by atoms with Gasteiger partial charge in [0.25, 0.3) is 5.91 Å². The fourth-order valence-corrected chi connectivity index (χ4v) is 4.67. The Morgan fingerprint density at radius 2 is 2.03 bits per heavy atom. The fraction of sp³-hybridized carbons (Fsp3) is 0.481. The van der Waals surface area contributed by atoms with Gasteiger partial charge in [0.15, 0.2) is 0 Å². The molecule has 0 spiro atoms. The van der Waals surface area contributed by atoms with Crippen LogP contribution in [0.4, 0.5) is 5.82 Å². The predicted octanol–water partition coefficient (Wildman–Crippen LogP) is 1.55. The maximum Gasteiger partial charge on any atom is 0.253 e. The van der Waals surface area contributed by atoms with Crippen LogP contribution in [-0.2, 0) is 22.6 Å². The number of amides is 3. The zero-order valence-electron chi connectivity index (χ0n) is 21.0. The topological polar surface area (TPSA) is 129 Å². The van der Waals surface area contributed by atoms with Gasteiger partial charge in [-0.05, 0) is 81.3 Å². The van der Waals surface area contributed by atoms with Crippen LogP contribution in [0.3, 0.4) is 0 Å². The van der Waals surface area contributed by atoms with Crippen LogP contribution in [0.1, 0.15) is 53.4 Å². The van der Waals surface area contributed by atoms with Gasteiger partial charge in [-0.2, -0.15) is 0 Å². The number of rotatable bonds is 9. The number of aryl methyl sites for hydroxylation is 2. The molecular weight excluding hydrogens is 456 g/mol. The third-order valence-corrected chi connectivity index (χ3v) is 7.12. The number of hydrogen-bond acceptors (Lipinski definition) is 6. The van der Waals surface area contributed by atoms with Gasteiger partial charge in [-0.15, -0.1) is 0 Å². The minimum atomic E-state index is -0.646. The molecule has 0 aliphatic carbocycles. The molecule has 0 radical (unpaired) electrons. The van der Waals surface area contributed by atoms with Gasteiger partial charge in [0, 0.05) is 30.9 Å². The number of benzene rings is 1. The van der Waals surface area contributed by atoms with Crippen LogP contribution in [0.2, 0.25) is 0 Å². The van der Waals surface area contributed by atoms with E-state index in [-0.39, 0.29) is 23.8 Å². The van der Waals surface area contributed by atoms with Crippen molar-refractivity contribution in [1.29, 1.82) is 0 Å². The minimum Gasteiger partial charge on any atom is -0.384 e. The van der Waals surface area contributed by atoms with Crippen LogP contribution in [0, 0.1) is 12.8 Å². The third kappa shape index (κ3) is 6.40. The number of nitrogen functional groups attached to an aromatic ring is 1. The molecule has 2 aliphatic heterocycles. The molecule has 3 amide bonds. The van der Waals surface area contributed by atoms with Crippen molar-refractivity contribution in [3.63, 3.8) is 0 Å². The Hall–Kier alpha value is -3.46. The van der Waals surface area contributed by atoms with Crippen LogP contribution in [0.15, 0.2) is 36.4 Å². The number of nitrogens with zero attached hydrogens (tertiary/aromatic N) is 2. The summed E-state index contributed by atoms with van der Waals surface area (Å²) in [4.78, 5) is 43.8. The summed E-state index contributed by atoms with van der Waals surface area (Å²) in [6.07, 6.45) is 3.60. The first-order chi connectivity index (χ1) is 17.3. The van der Waals surface area contributed by atoms with E-state index in [1.54, 1.807) is 13.0 Å². The molecule has 1 aromatic carbocycles. The first-order valence-electron chi connectivity index (χ1n) is 12.7. The predicted molar refractivity (Wildman–Crippen MR) is 138 cm³/mol. The lowest BCUT2D eigenvalue weighted by atomic mass is 9.95. The summed E-state index contributed by atoms with van der Waals surface area (Å²) in [5.41, 5.74) is 9.22. The van der Waals surface area contributed by atoms with Gasteiger partial charge >= 0.3 is 0 Å². The molecule has 5 N–H and O–H groups in total. The summed E-state index contributed by atoms with van der Waals surface area (Å²) in [5, 5.41) is 8.97.